The van der Waals surface area contributed by atoms with E-state index in [0.717, 1.165) is 34.5 Å². The van der Waals surface area contributed by atoms with E-state index in [0.29, 0.717) is 5.92 Å². The summed E-state index contributed by atoms with van der Waals surface area (Å²) < 4.78 is 14.4. The number of aliphatic hydroxyl groups excluding tert-OH is 1. The summed E-state index contributed by atoms with van der Waals surface area (Å²) in [5.41, 5.74) is 3.57. The van der Waals surface area contributed by atoms with E-state index in [2.05, 4.69) is 33.8 Å². The van der Waals surface area contributed by atoms with Crippen LogP contribution in [-0.4, -0.2) is 63.1 Å². The molecule has 5 rings (SSSR count). The average molecular weight is 571 g/mol. The van der Waals surface area contributed by atoms with Crippen LogP contribution in [0.1, 0.15) is 88.6 Å². The summed E-state index contributed by atoms with van der Waals surface area (Å²) in [5, 5.41) is 16.2. The number of hydrogen-bond acceptors (Lipinski definition) is 6. The highest BCUT2D eigenvalue weighted by atomic mass is 32.1. The minimum atomic E-state index is -1.92. The fourth-order valence-corrected chi connectivity index (χ4v) is 6.34. The maximum Gasteiger partial charge on any atom is 0.258 e. The van der Waals surface area contributed by atoms with Crippen molar-refractivity contribution in [2.45, 2.75) is 103 Å². The lowest BCUT2D eigenvalue weighted by atomic mass is 9.85. The number of aryl methyl sites for hydroxylation is 1. The molecule has 1 aromatic carbocycles. The van der Waals surface area contributed by atoms with E-state index < -0.39 is 41.1 Å². The zero-order chi connectivity index (χ0) is 29.0. The molecule has 40 heavy (non-hydrogen) atoms. The van der Waals surface area contributed by atoms with Gasteiger partial charge in [0.25, 0.3) is 5.91 Å². The molecule has 3 fully saturated rings. The molecule has 4 atom stereocenters. The summed E-state index contributed by atoms with van der Waals surface area (Å²) in [6.07, 6.45) is 1.73. The molecule has 1 saturated heterocycles. The number of thiazole rings is 1. The molecule has 3 aliphatic rings. The lowest BCUT2D eigenvalue weighted by Gasteiger charge is -2.36. The predicted molar refractivity (Wildman–Crippen MR) is 151 cm³/mol. The first-order chi connectivity index (χ1) is 18.8. The second kappa shape index (κ2) is 10.5. The van der Waals surface area contributed by atoms with Crippen molar-refractivity contribution in [2.24, 2.45) is 5.41 Å². The highest BCUT2D eigenvalue weighted by Crippen LogP contribution is 2.45. The summed E-state index contributed by atoms with van der Waals surface area (Å²) in [6.45, 7) is 9.27. The van der Waals surface area contributed by atoms with Gasteiger partial charge in [0.2, 0.25) is 11.8 Å². The molecule has 1 aliphatic heterocycles. The number of nitrogens with one attached hydrogen (secondary N) is 2. The topological polar surface area (TPSA) is 112 Å². The molecule has 2 heterocycles. The van der Waals surface area contributed by atoms with E-state index >= 15 is 0 Å². The summed E-state index contributed by atoms with van der Waals surface area (Å²) in [7, 11) is 0. The van der Waals surface area contributed by atoms with Crippen molar-refractivity contribution in [3.05, 3.63) is 40.5 Å². The van der Waals surface area contributed by atoms with Gasteiger partial charge in [-0.1, -0.05) is 32.9 Å². The standard InChI is InChI=1S/C30H39FN4O4S/c1-16(21-9-8-19(12-22(21)18-6-7-18)24-17(2)32-15-40-24)33-26(37)23-13-20(36)14-35(23)27(38)25(29(3,4)5)34-28(39)30(31)10-11-30/h8-9,12,15-16,18,20,23,25,36H,6-7,10-11,13-14H2,1-5H3,(H,33,37)(H,34,39)/t16-,20+,23-,25+/m0/s1. The van der Waals surface area contributed by atoms with Crippen LogP contribution in [0.25, 0.3) is 10.4 Å². The van der Waals surface area contributed by atoms with E-state index in [-0.39, 0.29) is 37.8 Å². The third kappa shape index (κ3) is 5.79. The summed E-state index contributed by atoms with van der Waals surface area (Å²) >= 11 is 1.61. The fraction of sp³-hybridized carbons (Fsp3) is 0.600. The maximum atomic E-state index is 14.4. The van der Waals surface area contributed by atoms with E-state index in [9.17, 15) is 23.9 Å². The van der Waals surface area contributed by atoms with Crippen LogP contribution >= 0.6 is 11.3 Å². The van der Waals surface area contributed by atoms with Crippen molar-refractivity contribution in [1.82, 2.24) is 20.5 Å². The number of carbonyl (C=O) groups excluding carboxylic acids is 3. The number of alkyl halides is 1. The normalized spacial score (nSPS) is 23.4. The molecule has 0 radical (unpaired) electrons. The van der Waals surface area contributed by atoms with Crippen LogP contribution in [0, 0.1) is 12.3 Å². The number of nitrogens with zero attached hydrogens (tertiary/aromatic N) is 2. The molecular formula is C30H39FN4O4S. The van der Waals surface area contributed by atoms with Crippen molar-refractivity contribution in [3.8, 4) is 10.4 Å². The number of rotatable bonds is 8. The molecule has 0 spiro atoms. The van der Waals surface area contributed by atoms with Crippen molar-refractivity contribution in [1.29, 1.82) is 0 Å². The minimum absolute atomic E-state index is 0.0231. The molecule has 3 N–H and O–H groups in total. The average Bonchev–Trinajstić information content (AvgIpc) is 3.80. The predicted octanol–water partition coefficient (Wildman–Crippen LogP) is 4.17. The van der Waals surface area contributed by atoms with Gasteiger partial charge in [-0.25, -0.2) is 9.37 Å². The molecule has 8 nitrogen and oxygen atoms in total. The molecule has 0 bridgehead atoms. The van der Waals surface area contributed by atoms with Crippen molar-refractivity contribution in [3.63, 3.8) is 0 Å². The molecule has 1 aromatic heterocycles. The van der Waals surface area contributed by atoms with E-state index in [1.54, 1.807) is 32.1 Å². The zero-order valence-corrected chi connectivity index (χ0v) is 24.6. The Bertz CT molecular complexity index is 1310. The van der Waals surface area contributed by atoms with Gasteiger partial charge in [0, 0.05) is 13.0 Å². The number of β-amino-alcohol motifs (C(OH)–C–C–N with tert-alkyl or cyclic N) is 1. The van der Waals surface area contributed by atoms with E-state index in [1.807, 2.05) is 19.4 Å². The Labute approximate surface area is 238 Å². The number of likely N-dealkylation sites (tertiary alicyclic amines) is 1. The van der Waals surface area contributed by atoms with Crippen LogP contribution in [0.2, 0.25) is 0 Å². The van der Waals surface area contributed by atoms with Crippen molar-refractivity contribution < 1.29 is 23.9 Å². The number of amides is 3. The largest absolute Gasteiger partial charge is 0.391 e. The van der Waals surface area contributed by atoms with Gasteiger partial charge in [0.1, 0.15) is 12.1 Å². The number of aromatic nitrogens is 1. The van der Waals surface area contributed by atoms with Crippen LogP contribution in [-0.2, 0) is 14.4 Å². The Hall–Kier alpha value is -2.85. The van der Waals surface area contributed by atoms with Gasteiger partial charge >= 0.3 is 0 Å². The fourth-order valence-electron chi connectivity index (χ4n) is 5.54. The molecule has 2 saturated carbocycles. The van der Waals surface area contributed by atoms with Crippen LogP contribution in [0.4, 0.5) is 4.39 Å². The Morgan fingerprint density at radius 3 is 2.48 bits per heavy atom. The second-order valence-electron chi connectivity index (χ2n) is 12.7. The minimum Gasteiger partial charge on any atom is -0.391 e. The highest BCUT2D eigenvalue weighted by Gasteiger charge is 2.53. The third-order valence-electron chi connectivity index (χ3n) is 8.29. The van der Waals surface area contributed by atoms with E-state index in [4.69, 9.17) is 0 Å². The zero-order valence-electron chi connectivity index (χ0n) is 23.8. The molecule has 2 aliphatic carbocycles. The number of benzene rings is 1. The Balaban J connectivity index is 1.33. The monoisotopic (exact) mass is 570 g/mol. The van der Waals surface area contributed by atoms with Gasteiger partial charge in [-0.15, -0.1) is 11.3 Å². The van der Waals surface area contributed by atoms with Gasteiger partial charge in [0.05, 0.1) is 28.2 Å². The van der Waals surface area contributed by atoms with Gasteiger partial charge in [-0.2, -0.15) is 0 Å². The molecule has 3 amide bonds. The van der Waals surface area contributed by atoms with Crippen molar-refractivity contribution >= 4 is 29.1 Å². The molecule has 0 unspecified atom stereocenters. The summed E-state index contributed by atoms with van der Waals surface area (Å²) in [6, 6.07) is 4.10. The molecule has 10 heteroatoms. The van der Waals surface area contributed by atoms with Gasteiger partial charge in [-0.3, -0.25) is 14.4 Å². The first kappa shape index (κ1) is 28.7. The molecule has 2 aromatic rings. The smallest absolute Gasteiger partial charge is 0.258 e. The van der Waals surface area contributed by atoms with E-state index in [1.165, 1.54) is 10.5 Å². The van der Waals surface area contributed by atoms with Gasteiger partial charge in [-0.05, 0) is 73.6 Å². The first-order valence-electron chi connectivity index (χ1n) is 14.1. The number of halogens is 1. The Morgan fingerprint density at radius 1 is 1.20 bits per heavy atom. The van der Waals surface area contributed by atoms with Crippen LogP contribution in [0.5, 0.6) is 0 Å². The second-order valence-corrected chi connectivity index (χ2v) is 13.6. The maximum absolute atomic E-state index is 14.4. The summed E-state index contributed by atoms with van der Waals surface area (Å²) in [5.74, 6) is -1.18. The Morgan fingerprint density at radius 2 is 1.90 bits per heavy atom. The molecule has 216 valence electrons. The Kier molecular flexibility index (Phi) is 7.54. The molecular weight excluding hydrogens is 531 g/mol. The van der Waals surface area contributed by atoms with Crippen LogP contribution in [0.15, 0.2) is 23.7 Å². The third-order valence-corrected chi connectivity index (χ3v) is 9.26. The number of hydrogen-bond donors (Lipinski definition) is 3. The van der Waals surface area contributed by atoms with Gasteiger partial charge in [0.15, 0.2) is 5.67 Å². The number of aliphatic hydroxyl groups is 1. The van der Waals surface area contributed by atoms with Crippen LogP contribution < -0.4 is 10.6 Å². The quantitative estimate of drug-likeness (QED) is 0.441. The van der Waals surface area contributed by atoms with Crippen molar-refractivity contribution in [2.75, 3.05) is 6.54 Å². The lowest BCUT2D eigenvalue weighted by Crippen LogP contribution is -2.59. The lowest BCUT2D eigenvalue weighted by molar-refractivity contribution is -0.145. The SMILES string of the molecule is Cc1ncsc1-c1ccc([C@H](C)NC(=O)[C@@H]2C[C@@H](O)CN2C(=O)[C@@H](NC(=O)C2(F)CC2)C(C)(C)C)c(C2CC2)c1. The summed E-state index contributed by atoms with van der Waals surface area (Å²) in [4.78, 5) is 46.7. The number of carbonyl (C=O) groups is 3. The first-order valence-corrected chi connectivity index (χ1v) is 15.0. The van der Waals surface area contributed by atoms with Gasteiger partial charge < -0.3 is 20.6 Å². The van der Waals surface area contributed by atoms with Crippen LogP contribution in [0.3, 0.4) is 0 Å². The highest BCUT2D eigenvalue weighted by molar-refractivity contribution is 7.13.